The summed E-state index contributed by atoms with van der Waals surface area (Å²) < 4.78 is 0. The van der Waals surface area contributed by atoms with Gasteiger partial charge < -0.3 is 5.32 Å². The van der Waals surface area contributed by atoms with Gasteiger partial charge in [0.2, 0.25) is 0 Å². The first kappa shape index (κ1) is 15.8. The molecule has 0 saturated carbocycles. The highest BCUT2D eigenvalue weighted by molar-refractivity contribution is 7.16. The monoisotopic (exact) mass is 341 g/mol. The van der Waals surface area contributed by atoms with Crippen molar-refractivity contribution in [2.75, 3.05) is 13.1 Å². The zero-order chi connectivity index (χ0) is 16.7. The molecule has 0 aliphatic carbocycles. The lowest BCUT2D eigenvalue weighted by molar-refractivity contribution is 0.0218. The Balaban J connectivity index is 1.49. The van der Waals surface area contributed by atoms with Crippen LogP contribution in [0.3, 0.4) is 0 Å². The molecule has 0 spiro atoms. The van der Waals surface area contributed by atoms with E-state index in [1.807, 2.05) is 12.1 Å². The molecule has 4 nitrogen and oxygen atoms in total. The van der Waals surface area contributed by atoms with Crippen molar-refractivity contribution in [3.05, 3.63) is 40.9 Å². The highest BCUT2D eigenvalue weighted by atomic mass is 32.1. The summed E-state index contributed by atoms with van der Waals surface area (Å²) in [7, 11) is 0. The van der Waals surface area contributed by atoms with Crippen molar-refractivity contribution in [1.82, 2.24) is 15.2 Å². The van der Waals surface area contributed by atoms with Crippen LogP contribution < -0.4 is 5.32 Å². The van der Waals surface area contributed by atoms with Gasteiger partial charge in [0.05, 0.1) is 6.20 Å². The number of nitrogens with one attached hydrogen (secondary N) is 1. The molecule has 1 aromatic carbocycles. The van der Waals surface area contributed by atoms with Crippen LogP contribution in [0.4, 0.5) is 0 Å². The number of nitrogens with zero attached hydrogens (tertiary/aromatic N) is 2. The predicted molar refractivity (Wildman–Crippen MR) is 97.3 cm³/mol. The first-order valence-electron chi connectivity index (χ1n) is 8.69. The molecule has 126 valence electrons. The molecule has 2 aromatic rings. The molecule has 2 unspecified atom stereocenters. The van der Waals surface area contributed by atoms with Gasteiger partial charge in [0.15, 0.2) is 0 Å². The first-order valence-corrected chi connectivity index (χ1v) is 9.51. The summed E-state index contributed by atoms with van der Waals surface area (Å²) in [5.74, 6) is 0.648. The summed E-state index contributed by atoms with van der Waals surface area (Å²) in [5, 5.41) is 4.19. The molecule has 2 atom stereocenters. The maximum Gasteiger partial charge on any atom is 0.263 e. The molecule has 24 heavy (non-hydrogen) atoms. The minimum absolute atomic E-state index is 0.0250. The summed E-state index contributed by atoms with van der Waals surface area (Å²) in [6, 6.07) is 8.95. The molecule has 3 aliphatic rings. The molecule has 2 bridgehead atoms. The number of carbonyl (C=O) groups is 1. The number of hydrogen-bond acceptors (Lipinski definition) is 4. The highest BCUT2D eigenvalue weighted by Gasteiger charge is 2.40. The molecule has 3 fully saturated rings. The van der Waals surface area contributed by atoms with Gasteiger partial charge in [0.25, 0.3) is 5.91 Å². The molecule has 5 rings (SSSR count). The molecule has 5 heteroatoms. The lowest BCUT2D eigenvalue weighted by atomic mass is 9.79. The van der Waals surface area contributed by atoms with E-state index >= 15 is 0 Å². The van der Waals surface area contributed by atoms with Crippen LogP contribution in [0.25, 0.3) is 10.6 Å². The van der Waals surface area contributed by atoms with Crippen molar-refractivity contribution in [3.8, 4) is 10.6 Å². The van der Waals surface area contributed by atoms with Gasteiger partial charge in [-0.25, -0.2) is 4.98 Å². The minimum atomic E-state index is 0.0250. The lowest BCUT2D eigenvalue weighted by Crippen LogP contribution is -2.62. The molecule has 3 saturated heterocycles. The minimum Gasteiger partial charge on any atom is -0.347 e. The number of rotatable bonds is 3. The maximum atomic E-state index is 12.7. The Hall–Kier alpha value is -1.72. The Bertz CT molecular complexity index is 747. The van der Waals surface area contributed by atoms with Gasteiger partial charge in [-0.1, -0.05) is 23.8 Å². The molecular formula is C19H23N3OS. The fourth-order valence-corrected chi connectivity index (χ4v) is 4.87. The summed E-state index contributed by atoms with van der Waals surface area (Å²) in [6.07, 6.45) is 4.11. The van der Waals surface area contributed by atoms with Crippen molar-refractivity contribution in [1.29, 1.82) is 0 Å². The van der Waals surface area contributed by atoms with Crippen LogP contribution in [-0.2, 0) is 0 Å². The van der Waals surface area contributed by atoms with E-state index in [1.165, 1.54) is 42.8 Å². The third kappa shape index (κ3) is 2.87. The van der Waals surface area contributed by atoms with E-state index in [4.69, 9.17) is 0 Å². The fraction of sp³-hybridized carbons (Fsp3) is 0.474. The normalized spacial score (nSPS) is 28.8. The van der Waals surface area contributed by atoms with E-state index in [0.29, 0.717) is 16.8 Å². The fourth-order valence-electron chi connectivity index (χ4n) is 4.06. The molecule has 4 heterocycles. The van der Waals surface area contributed by atoms with Gasteiger partial charge in [-0.3, -0.25) is 9.69 Å². The summed E-state index contributed by atoms with van der Waals surface area (Å²) in [5.41, 5.74) is 2.28. The van der Waals surface area contributed by atoms with E-state index < -0.39 is 0 Å². The number of thiazole rings is 1. The van der Waals surface area contributed by atoms with Gasteiger partial charge in [0, 0.05) is 17.6 Å². The topological polar surface area (TPSA) is 45.2 Å². The second-order valence-corrected chi connectivity index (χ2v) is 8.04. The summed E-state index contributed by atoms with van der Waals surface area (Å²) >= 11 is 1.48. The third-order valence-corrected chi connectivity index (χ3v) is 6.52. The van der Waals surface area contributed by atoms with Crippen LogP contribution in [0.15, 0.2) is 30.5 Å². The molecule has 1 N–H and O–H groups in total. The quantitative estimate of drug-likeness (QED) is 0.931. The number of piperidine rings is 3. The van der Waals surface area contributed by atoms with Crippen molar-refractivity contribution in [2.24, 2.45) is 5.92 Å². The first-order chi connectivity index (χ1) is 11.6. The van der Waals surface area contributed by atoms with Gasteiger partial charge in [-0.15, -0.1) is 11.3 Å². The molecule has 1 aromatic heterocycles. The van der Waals surface area contributed by atoms with Gasteiger partial charge in [0.1, 0.15) is 9.88 Å². The van der Waals surface area contributed by atoms with Crippen LogP contribution >= 0.6 is 11.3 Å². The second-order valence-electron chi connectivity index (χ2n) is 7.01. The zero-order valence-electron chi connectivity index (χ0n) is 14.2. The molecule has 3 aliphatic heterocycles. The number of amides is 1. The van der Waals surface area contributed by atoms with E-state index in [9.17, 15) is 4.79 Å². The average Bonchev–Trinajstić information content (AvgIpc) is 3.09. The smallest absolute Gasteiger partial charge is 0.263 e. The van der Waals surface area contributed by atoms with Gasteiger partial charge in [-0.05, 0) is 51.8 Å². The van der Waals surface area contributed by atoms with Crippen molar-refractivity contribution in [3.63, 3.8) is 0 Å². The summed E-state index contributed by atoms with van der Waals surface area (Å²) in [6.45, 7) is 6.66. The van der Waals surface area contributed by atoms with Gasteiger partial charge in [-0.2, -0.15) is 0 Å². The number of aryl methyl sites for hydroxylation is 1. The number of aromatic nitrogens is 1. The Kier molecular flexibility index (Phi) is 4.14. The van der Waals surface area contributed by atoms with E-state index in [2.05, 4.69) is 41.2 Å². The van der Waals surface area contributed by atoms with E-state index in [0.717, 1.165) is 10.6 Å². The van der Waals surface area contributed by atoms with Crippen molar-refractivity contribution >= 4 is 17.2 Å². The molecule has 1 amide bonds. The third-order valence-electron chi connectivity index (χ3n) is 5.47. The van der Waals surface area contributed by atoms with Crippen LogP contribution in [0.2, 0.25) is 0 Å². The van der Waals surface area contributed by atoms with Gasteiger partial charge >= 0.3 is 0 Å². The Morgan fingerprint density at radius 1 is 1.33 bits per heavy atom. The van der Waals surface area contributed by atoms with Crippen LogP contribution in [0, 0.1) is 12.8 Å². The lowest BCUT2D eigenvalue weighted by Gasteiger charge is -2.49. The van der Waals surface area contributed by atoms with E-state index in [1.54, 1.807) is 6.20 Å². The van der Waals surface area contributed by atoms with Crippen molar-refractivity contribution in [2.45, 2.75) is 38.8 Å². The largest absolute Gasteiger partial charge is 0.347 e. The zero-order valence-corrected chi connectivity index (χ0v) is 15.0. The van der Waals surface area contributed by atoms with Crippen LogP contribution in [0.1, 0.15) is 35.0 Å². The van der Waals surface area contributed by atoms with E-state index in [-0.39, 0.29) is 11.9 Å². The average molecular weight is 341 g/mol. The van der Waals surface area contributed by atoms with Crippen molar-refractivity contribution < 1.29 is 4.79 Å². The maximum absolute atomic E-state index is 12.7. The Morgan fingerprint density at radius 2 is 2.12 bits per heavy atom. The predicted octanol–water partition coefficient (Wildman–Crippen LogP) is 3.33. The SMILES string of the molecule is Cc1cccc(-c2ncc(C(=O)NC3C4CCN(CC4)C3C)s2)c1. The Morgan fingerprint density at radius 3 is 2.83 bits per heavy atom. The second kappa shape index (κ2) is 6.30. The number of hydrogen-bond donors (Lipinski definition) is 1. The van der Waals surface area contributed by atoms with Crippen LogP contribution in [-0.4, -0.2) is 41.0 Å². The molecular weight excluding hydrogens is 318 g/mol. The summed E-state index contributed by atoms with van der Waals surface area (Å²) in [4.78, 5) is 20.3. The number of carbonyl (C=O) groups excluding carboxylic acids is 1. The number of benzene rings is 1. The van der Waals surface area contributed by atoms with Crippen LogP contribution in [0.5, 0.6) is 0 Å². The highest BCUT2D eigenvalue weighted by Crippen LogP contribution is 2.33. The molecule has 0 radical (unpaired) electrons. The Labute approximate surface area is 146 Å². The number of fused-ring (bicyclic) bond motifs is 3. The standard InChI is InChI=1S/C19H23N3OS/c1-12-4-3-5-15(10-12)19-20-11-16(24-19)18(23)21-17-13(2)22-8-6-14(17)7-9-22/h3-5,10-11,13-14,17H,6-9H2,1-2H3,(H,21,23).